The lowest BCUT2D eigenvalue weighted by Crippen LogP contribution is -2.04. The molecule has 0 unspecified atom stereocenters. The lowest BCUT2D eigenvalue weighted by atomic mass is 10.2. The van der Waals surface area contributed by atoms with Crippen molar-refractivity contribution in [3.63, 3.8) is 0 Å². The largest absolute Gasteiger partial charge is 0.464 e. The normalized spacial score (nSPS) is 14.3. The second-order valence-electron chi connectivity index (χ2n) is 4.63. The topological polar surface area (TPSA) is 52.3 Å². The van der Waals surface area contributed by atoms with E-state index in [1.165, 1.54) is 25.3 Å². The van der Waals surface area contributed by atoms with Crippen LogP contribution in [0.3, 0.4) is 0 Å². The molecule has 0 bridgehead atoms. The minimum atomic E-state index is -0.532. The van der Waals surface area contributed by atoms with Crippen LogP contribution >= 0.6 is 11.6 Å². The lowest BCUT2D eigenvalue weighted by molar-refractivity contribution is 0.0592. The highest BCUT2D eigenvalue weighted by Crippen LogP contribution is 2.43. The van der Waals surface area contributed by atoms with Gasteiger partial charge in [0.25, 0.3) is 0 Å². The van der Waals surface area contributed by atoms with E-state index in [1.807, 2.05) is 0 Å². The van der Waals surface area contributed by atoms with Crippen LogP contribution in [0.15, 0.2) is 22.6 Å². The van der Waals surface area contributed by atoms with E-state index < -0.39 is 11.8 Å². The lowest BCUT2D eigenvalue weighted by Gasteiger charge is -1.97. The van der Waals surface area contributed by atoms with Crippen molar-refractivity contribution in [3.05, 3.63) is 40.5 Å². The molecule has 1 fully saturated rings. The van der Waals surface area contributed by atoms with Gasteiger partial charge in [-0.2, -0.15) is 0 Å². The Kier molecular flexibility index (Phi) is 3.22. The molecule has 0 saturated heterocycles. The van der Waals surface area contributed by atoms with Crippen LogP contribution in [0.25, 0.3) is 11.5 Å². The van der Waals surface area contributed by atoms with Gasteiger partial charge in [0, 0.05) is 11.5 Å². The summed E-state index contributed by atoms with van der Waals surface area (Å²) in [7, 11) is 1.29. The van der Waals surface area contributed by atoms with E-state index >= 15 is 0 Å². The van der Waals surface area contributed by atoms with Gasteiger partial charge in [0.15, 0.2) is 5.69 Å². The van der Waals surface area contributed by atoms with E-state index in [0.717, 1.165) is 12.8 Å². The smallest absolute Gasteiger partial charge is 0.360 e. The highest BCUT2D eigenvalue weighted by molar-refractivity contribution is 6.31. The number of oxazole rings is 1. The van der Waals surface area contributed by atoms with E-state index in [0.29, 0.717) is 11.3 Å². The fourth-order valence-corrected chi connectivity index (χ4v) is 2.13. The minimum Gasteiger partial charge on any atom is -0.464 e. The third-order valence-electron chi connectivity index (χ3n) is 3.15. The Balaban J connectivity index is 2.05. The number of carbonyl (C=O) groups excluding carboxylic acids is 1. The van der Waals surface area contributed by atoms with Gasteiger partial charge in [0.1, 0.15) is 11.6 Å². The predicted molar refractivity (Wildman–Crippen MR) is 70.2 cm³/mol. The molecule has 4 nitrogen and oxygen atoms in total. The van der Waals surface area contributed by atoms with E-state index in [1.54, 1.807) is 0 Å². The van der Waals surface area contributed by atoms with Crippen LogP contribution in [0.1, 0.15) is 35.0 Å². The number of esters is 1. The summed E-state index contributed by atoms with van der Waals surface area (Å²) in [4.78, 5) is 15.9. The summed E-state index contributed by atoms with van der Waals surface area (Å²) in [6.45, 7) is 0. The van der Waals surface area contributed by atoms with Crippen molar-refractivity contribution in [3.8, 4) is 11.5 Å². The van der Waals surface area contributed by atoms with Crippen LogP contribution < -0.4 is 0 Å². The van der Waals surface area contributed by atoms with Crippen LogP contribution in [0.2, 0.25) is 5.02 Å². The summed E-state index contributed by atoms with van der Waals surface area (Å²) in [6.07, 6.45) is 1.92. The molecule has 0 spiro atoms. The van der Waals surface area contributed by atoms with Crippen LogP contribution in [-0.2, 0) is 4.74 Å². The molecule has 2 aromatic rings. The van der Waals surface area contributed by atoms with Crippen molar-refractivity contribution >= 4 is 17.6 Å². The monoisotopic (exact) mass is 295 g/mol. The maximum atomic E-state index is 13.2. The molecule has 0 N–H and O–H groups in total. The molecule has 0 radical (unpaired) electrons. The second-order valence-corrected chi connectivity index (χ2v) is 5.03. The highest BCUT2D eigenvalue weighted by Gasteiger charge is 2.34. The Hall–Kier alpha value is -1.88. The third-order valence-corrected chi connectivity index (χ3v) is 3.44. The van der Waals surface area contributed by atoms with Crippen LogP contribution in [-0.4, -0.2) is 18.1 Å². The summed E-state index contributed by atoms with van der Waals surface area (Å²) in [5.41, 5.74) is 0.707. The fraction of sp³-hybridized carbons (Fsp3) is 0.286. The highest BCUT2D eigenvalue weighted by atomic mass is 35.5. The average Bonchev–Trinajstić information content (AvgIpc) is 3.20. The molecule has 0 atom stereocenters. The molecular weight excluding hydrogens is 285 g/mol. The number of halogens is 2. The van der Waals surface area contributed by atoms with Crippen molar-refractivity contribution in [2.45, 2.75) is 18.8 Å². The molecule has 1 saturated carbocycles. The van der Waals surface area contributed by atoms with E-state index in [4.69, 9.17) is 20.8 Å². The summed E-state index contributed by atoms with van der Waals surface area (Å²) >= 11 is 5.74. The summed E-state index contributed by atoms with van der Waals surface area (Å²) in [5.74, 6) is -0.0598. The summed E-state index contributed by atoms with van der Waals surface area (Å²) in [6, 6.07) is 4.15. The Labute approximate surface area is 119 Å². The number of carbonyl (C=O) groups is 1. The van der Waals surface area contributed by atoms with Gasteiger partial charge in [-0.3, -0.25) is 0 Å². The number of nitrogens with zero attached hydrogens (tertiary/aromatic N) is 1. The first kappa shape index (κ1) is 13.1. The maximum Gasteiger partial charge on any atom is 0.360 e. The Morgan fingerprint density at radius 3 is 2.85 bits per heavy atom. The van der Waals surface area contributed by atoms with Gasteiger partial charge in [0.05, 0.1) is 12.1 Å². The zero-order valence-corrected chi connectivity index (χ0v) is 11.4. The van der Waals surface area contributed by atoms with E-state index in [2.05, 4.69) is 4.98 Å². The molecule has 3 rings (SSSR count). The van der Waals surface area contributed by atoms with E-state index in [9.17, 15) is 9.18 Å². The fourth-order valence-electron chi connectivity index (χ4n) is 1.95. The second kappa shape index (κ2) is 4.90. The quantitative estimate of drug-likeness (QED) is 0.808. The molecule has 1 aromatic heterocycles. The van der Waals surface area contributed by atoms with E-state index in [-0.39, 0.29) is 22.5 Å². The predicted octanol–water partition coefficient (Wildman–Crippen LogP) is 3.80. The Morgan fingerprint density at radius 2 is 2.25 bits per heavy atom. The standard InChI is InChI=1S/C14H11ClFNO3/c1-19-14(18)11-12(7-2-3-7)20-13(17-11)8-4-5-10(16)9(15)6-8/h4-7H,2-3H2,1H3. The molecule has 1 heterocycles. The molecular formula is C14H11ClFNO3. The van der Waals surface area contributed by atoms with Gasteiger partial charge in [0.2, 0.25) is 5.89 Å². The SMILES string of the molecule is COC(=O)c1nc(-c2ccc(F)c(Cl)c2)oc1C1CC1. The molecule has 1 aliphatic rings. The van der Waals surface area contributed by atoms with Gasteiger partial charge in [-0.1, -0.05) is 11.6 Å². The van der Waals surface area contributed by atoms with Gasteiger partial charge in [-0.25, -0.2) is 14.2 Å². The van der Waals surface area contributed by atoms with Crippen molar-refractivity contribution in [1.82, 2.24) is 4.98 Å². The number of ether oxygens (including phenoxy) is 1. The number of methoxy groups -OCH3 is 1. The van der Waals surface area contributed by atoms with Gasteiger partial charge < -0.3 is 9.15 Å². The van der Waals surface area contributed by atoms with Gasteiger partial charge >= 0.3 is 5.97 Å². The molecule has 1 aromatic carbocycles. The van der Waals surface area contributed by atoms with Crippen molar-refractivity contribution in [1.29, 1.82) is 0 Å². The molecule has 6 heteroatoms. The number of hydrogen-bond donors (Lipinski definition) is 0. The van der Waals surface area contributed by atoms with Crippen LogP contribution in [0, 0.1) is 5.82 Å². The maximum absolute atomic E-state index is 13.2. The molecule has 0 aliphatic heterocycles. The molecule has 0 amide bonds. The third kappa shape index (κ3) is 2.29. The molecule has 104 valence electrons. The van der Waals surface area contributed by atoms with Crippen LogP contribution in [0.4, 0.5) is 4.39 Å². The Bertz CT molecular complexity index is 679. The number of benzene rings is 1. The zero-order valence-electron chi connectivity index (χ0n) is 10.7. The number of hydrogen-bond acceptors (Lipinski definition) is 4. The van der Waals surface area contributed by atoms with Crippen LogP contribution in [0.5, 0.6) is 0 Å². The molecule has 1 aliphatic carbocycles. The average molecular weight is 296 g/mol. The van der Waals surface area contributed by atoms with Crippen molar-refractivity contribution in [2.75, 3.05) is 7.11 Å². The summed E-state index contributed by atoms with van der Waals surface area (Å²) < 4.78 is 23.5. The number of rotatable bonds is 3. The first-order chi connectivity index (χ1) is 9.60. The van der Waals surface area contributed by atoms with Crippen molar-refractivity contribution in [2.24, 2.45) is 0 Å². The van der Waals surface area contributed by atoms with Crippen molar-refractivity contribution < 1.29 is 18.3 Å². The minimum absolute atomic E-state index is 0.0201. The first-order valence-electron chi connectivity index (χ1n) is 6.14. The van der Waals surface area contributed by atoms with Gasteiger partial charge in [-0.15, -0.1) is 0 Å². The zero-order chi connectivity index (χ0) is 14.3. The first-order valence-corrected chi connectivity index (χ1v) is 6.52. The van der Waals surface area contributed by atoms with Gasteiger partial charge in [-0.05, 0) is 31.0 Å². The summed E-state index contributed by atoms with van der Waals surface area (Å²) in [5, 5.41) is -0.0201. The molecule has 20 heavy (non-hydrogen) atoms. The number of aromatic nitrogens is 1. The Morgan fingerprint density at radius 1 is 1.50 bits per heavy atom.